The minimum Gasteiger partial charge on any atom is -0.330 e. The fourth-order valence-corrected chi connectivity index (χ4v) is 2.30. The zero-order valence-corrected chi connectivity index (χ0v) is 10.1. The second-order valence-corrected chi connectivity index (χ2v) is 5.39. The molecule has 1 heterocycles. The highest BCUT2D eigenvalue weighted by Crippen LogP contribution is 1.93. The van der Waals surface area contributed by atoms with Crippen molar-refractivity contribution in [2.75, 3.05) is 18.8 Å². The normalized spacial score (nSPS) is 11.9. The first kappa shape index (κ1) is 13.1. The van der Waals surface area contributed by atoms with Crippen LogP contribution in [0.25, 0.3) is 0 Å². The van der Waals surface area contributed by atoms with Crippen LogP contribution in [0.2, 0.25) is 0 Å². The van der Waals surface area contributed by atoms with E-state index in [1.807, 2.05) is 7.05 Å². The maximum atomic E-state index is 11.4. The lowest BCUT2D eigenvalue weighted by Crippen LogP contribution is -2.29. The van der Waals surface area contributed by atoms with Gasteiger partial charge in [-0.2, -0.15) is 0 Å². The number of nitrogens with one attached hydrogen (secondary N) is 1. The van der Waals surface area contributed by atoms with Crippen molar-refractivity contribution in [2.45, 2.75) is 12.8 Å². The Kier molecular flexibility index (Phi) is 4.84. The molecule has 3 N–H and O–H groups in total. The number of hydrogen-bond acceptors (Lipinski definition) is 5. The Balaban J connectivity index is 2.33. The van der Waals surface area contributed by atoms with Crippen molar-refractivity contribution in [2.24, 2.45) is 12.8 Å². The average molecular weight is 247 g/mol. The van der Waals surface area contributed by atoms with E-state index >= 15 is 0 Å². The molecule has 1 aromatic rings. The van der Waals surface area contributed by atoms with Gasteiger partial charge in [-0.25, -0.2) is 13.1 Å². The zero-order chi connectivity index (χ0) is 12.0. The Morgan fingerprint density at radius 1 is 1.56 bits per heavy atom. The fourth-order valence-electron chi connectivity index (χ4n) is 1.20. The highest BCUT2D eigenvalue weighted by atomic mass is 32.2. The molecule has 8 heteroatoms. The lowest BCUT2D eigenvalue weighted by Gasteiger charge is -2.05. The first-order valence-corrected chi connectivity index (χ1v) is 6.70. The lowest BCUT2D eigenvalue weighted by molar-refractivity contribution is 0.577. The number of aromatic nitrogens is 3. The van der Waals surface area contributed by atoms with E-state index in [4.69, 9.17) is 5.73 Å². The first-order chi connectivity index (χ1) is 7.55. The standard InChI is InChI=1S/C8H17N5O2S/c1-13-7-10-12-8(13)3-5-11-16(14,15)6-2-4-9/h7,11H,2-6,9H2,1H3. The van der Waals surface area contributed by atoms with Gasteiger partial charge in [0.2, 0.25) is 10.0 Å². The van der Waals surface area contributed by atoms with Gasteiger partial charge < -0.3 is 10.3 Å². The smallest absolute Gasteiger partial charge is 0.211 e. The van der Waals surface area contributed by atoms with Crippen molar-refractivity contribution < 1.29 is 8.42 Å². The van der Waals surface area contributed by atoms with Gasteiger partial charge >= 0.3 is 0 Å². The molecule has 0 aliphatic rings. The highest BCUT2D eigenvalue weighted by Gasteiger charge is 2.09. The van der Waals surface area contributed by atoms with E-state index in [9.17, 15) is 8.42 Å². The summed E-state index contributed by atoms with van der Waals surface area (Å²) < 4.78 is 27.0. The Morgan fingerprint density at radius 2 is 2.31 bits per heavy atom. The van der Waals surface area contributed by atoms with E-state index in [0.717, 1.165) is 5.82 Å². The third-order valence-electron chi connectivity index (χ3n) is 2.09. The molecule has 92 valence electrons. The molecular formula is C8H17N5O2S. The molecule has 0 saturated carbocycles. The number of sulfonamides is 1. The summed E-state index contributed by atoms with van der Waals surface area (Å²) in [5.74, 6) is 0.823. The molecule has 0 aliphatic heterocycles. The SMILES string of the molecule is Cn1cnnc1CCNS(=O)(=O)CCCN. The van der Waals surface area contributed by atoms with Gasteiger partial charge in [-0.3, -0.25) is 0 Å². The summed E-state index contributed by atoms with van der Waals surface area (Å²) >= 11 is 0. The molecule has 0 aromatic carbocycles. The maximum Gasteiger partial charge on any atom is 0.211 e. The zero-order valence-electron chi connectivity index (χ0n) is 9.26. The van der Waals surface area contributed by atoms with E-state index in [0.29, 0.717) is 25.9 Å². The number of nitrogens with two attached hydrogens (primary N) is 1. The predicted octanol–water partition coefficient (Wildman–Crippen LogP) is -1.37. The van der Waals surface area contributed by atoms with Gasteiger partial charge in [0.25, 0.3) is 0 Å². The average Bonchev–Trinajstić information content (AvgIpc) is 2.62. The van der Waals surface area contributed by atoms with Crippen molar-refractivity contribution in [1.29, 1.82) is 0 Å². The van der Waals surface area contributed by atoms with Crippen molar-refractivity contribution in [1.82, 2.24) is 19.5 Å². The van der Waals surface area contributed by atoms with Crippen LogP contribution in [0, 0.1) is 0 Å². The molecule has 1 aromatic heterocycles. The van der Waals surface area contributed by atoms with Crippen molar-refractivity contribution >= 4 is 10.0 Å². The Morgan fingerprint density at radius 3 is 2.88 bits per heavy atom. The van der Waals surface area contributed by atoms with Gasteiger partial charge in [0.05, 0.1) is 5.75 Å². The van der Waals surface area contributed by atoms with Crippen LogP contribution in [0.4, 0.5) is 0 Å². The monoisotopic (exact) mass is 247 g/mol. The predicted molar refractivity (Wildman–Crippen MR) is 60.2 cm³/mol. The number of hydrogen-bond donors (Lipinski definition) is 2. The van der Waals surface area contributed by atoms with Gasteiger partial charge in [0, 0.05) is 20.0 Å². The van der Waals surface area contributed by atoms with E-state index in [2.05, 4.69) is 14.9 Å². The second kappa shape index (κ2) is 5.92. The summed E-state index contributed by atoms with van der Waals surface area (Å²) in [6.45, 7) is 0.712. The third kappa shape index (κ3) is 4.25. The molecule has 0 saturated heterocycles. The van der Waals surface area contributed by atoms with Crippen LogP contribution in [-0.4, -0.2) is 42.0 Å². The van der Waals surface area contributed by atoms with Gasteiger partial charge in [0.1, 0.15) is 12.2 Å². The third-order valence-corrected chi connectivity index (χ3v) is 3.56. The number of aryl methyl sites for hydroxylation is 1. The summed E-state index contributed by atoms with van der Waals surface area (Å²) in [4.78, 5) is 0. The van der Waals surface area contributed by atoms with Crippen molar-refractivity contribution in [3.63, 3.8) is 0 Å². The maximum absolute atomic E-state index is 11.4. The van der Waals surface area contributed by atoms with Crippen LogP contribution < -0.4 is 10.5 Å². The molecule has 0 amide bonds. The molecule has 16 heavy (non-hydrogen) atoms. The molecule has 0 atom stereocenters. The first-order valence-electron chi connectivity index (χ1n) is 5.05. The Hall–Kier alpha value is -0.990. The van der Waals surface area contributed by atoms with Crippen LogP contribution in [0.15, 0.2) is 6.33 Å². The molecule has 0 radical (unpaired) electrons. The summed E-state index contributed by atoms with van der Waals surface area (Å²) in [6, 6.07) is 0. The van der Waals surface area contributed by atoms with E-state index in [1.165, 1.54) is 0 Å². The highest BCUT2D eigenvalue weighted by molar-refractivity contribution is 7.89. The summed E-state index contributed by atoms with van der Waals surface area (Å²) in [5, 5.41) is 7.56. The van der Waals surface area contributed by atoms with Crippen molar-refractivity contribution in [3.8, 4) is 0 Å². The van der Waals surface area contributed by atoms with E-state index in [-0.39, 0.29) is 5.75 Å². The van der Waals surface area contributed by atoms with Gasteiger partial charge in [-0.05, 0) is 13.0 Å². The van der Waals surface area contributed by atoms with Crippen LogP contribution in [0.3, 0.4) is 0 Å². The number of nitrogens with zero attached hydrogens (tertiary/aromatic N) is 3. The summed E-state index contributed by atoms with van der Waals surface area (Å²) in [5.41, 5.74) is 5.25. The quantitative estimate of drug-likeness (QED) is 0.618. The largest absolute Gasteiger partial charge is 0.330 e. The fraction of sp³-hybridized carbons (Fsp3) is 0.750. The molecule has 0 fully saturated rings. The topological polar surface area (TPSA) is 103 Å². The Labute approximate surface area is 95.1 Å². The van der Waals surface area contributed by atoms with Crippen LogP contribution in [0.5, 0.6) is 0 Å². The Bertz CT molecular complexity index is 414. The number of rotatable bonds is 7. The molecule has 7 nitrogen and oxygen atoms in total. The molecular weight excluding hydrogens is 230 g/mol. The van der Waals surface area contributed by atoms with Crippen molar-refractivity contribution in [3.05, 3.63) is 12.2 Å². The van der Waals surface area contributed by atoms with Crippen LogP contribution >= 0.6 is 0 Å². The summed E-state index contributed by atoms with van der Waals surface area (Å²) in [6.07, 6.45) is 2.58. The van der Waals surface area contributed by atoms with E-state index in [1.54, 1.807) is 10.9 Å². The molecule has 0 unspecified atom stereocenters. The molecule has 1 rings (SSSR count). The minimum absolute atomic E-state index is 0.0717. The lowest BCUT2D eigenvalue weighted by atomic mass is 10.4. The second-order valence-electron chi connectivity index (χ2n) is 3.46. The van der Waals surface area contributed by atoms with Crippen LogP contribution in [0.1, 0.15) is 12.2 Å². The van der Waals surface area contributed by atoms with Gasteiger partial charge in [0.15, 0.2) is 0 Å². The minimum atomic E-state index is -3.20. The molecule has 0 aliphatic carbocycles. The van der Waals surface area contributed by atoms with Gasteiger partial charge in [-0.1, -0.05) is 0 Å². The van der Waals surface area contributed by atoms with Gasteiger partial charge in [-0.15, -0.1) is 10.2 Å². The van der Waals surface area contributed by atoms with E-state index < -0.39 is 10.0 Å². The van der Waals surface area contributed by atoms with Crippen LogP contribution in [-0.2, 0) is 23.5 Å². The summed E-state index contributed by atoms with van der Waals surface area (Å²) in [7, 11) is -1.38. The molecule has 0 spiro atoms. The molecule has 0 bridgehead atoms.